The number of hydrogen-bond acceptors (Lipinski definition) is 2. The van der Waals surface area contributed by atoms with Crippen LogP contribution in [0, 0.1) is 11.3 Å². The van der Waals surface area contributed by atoms with Gasteiger partial charge in [0.15, 0.2) is 0 Å². The SMILES string of the molecule is C=Cc1ccccc1C(N)CC#N. The number of nitriles is 1. The summed E-state index contributed by atoms with van der Waals surface area (Å²) in [4.78, 5) is 0. The van der Waals surface area contributed by atoms with E-state index >= 15 is 0 Å². The maximum absolute atomic E-state index is 8.51. The van der Waals surface area contributed by atoms with Crippen molar-refractivity contribution in [1.82, 2.24) is 0 Å². The maximum Gasteiger partial charge on any atom is 0.0641 e. The van der Waals surface area contributed by atoms with Gasteiger partial charge in [0.25, 0.3) is 0 Å². The van der Waals surface area contributed by atoms with Gasteiger partial charge in [-0.25, -0.2) is 0 Å². The summed E-state index contributed by atoms with van der Waals surface area (Å²) in [6.45, 7) is 3.70. The Labute approximate surface area is 78.3 Å². The van der Waals surface area contributed by atoms with Crippen molar-refractivity contribution in [3.63, 3.8) is 0 Å². The highest BCUT2D eigenvalue weighted by molar-refractivity contribution is 5.52. The van der Waals surface area contributed by atoms with Crippen LogP contribution in [-0.2, 0) is 0 Å². The minimum atomic E-state index is -0.209. The van der Waals surface area contributed by atoms with Crippen molar-refractivity contribution >= 4 is 6.08 Å². The summed E-state index contributed by atoms with van der Waals surface area (Å²) in [5, 5.41) is 8.51. The van der Waals surface area contributed by atoms with Crippen LogP contribution >= 0.6 is 0 Å². The lowest BCUT2D eigenvalue weighted by molar-refractivity contribution is 0.747. The van der Waals surface area contributed by atoms with Crippen LogP contribution in [0.3, 0.4) is 0 Å². The molecule has 0 saturated heterocycles. The van der Waals surface area contributed by atoms with E-state index in [1.165, 1.54) is 0 Å². The van der Waals surface area contributed by atoms with E-state index in [0.29, 0.717) is 6.42 Å². The Balaban J connectivity index is 2.99. The van der Waals surface area contributed by atoms with Crippen molar-refractivity contribution in [3.8, 4) is 6.07 Å². The van der Waals surface area contributed by atoms with E-state index in [1.54, 1.807) is 6.08 Å². The fourth-order valence-electron chi connectivity index (χ4n) is 1.24. The lowest BCUT2D eigenvalue weighted by Crippen LogP contribution is -2.10. The highest BCUT2D eigenvalue weighted by Crippen LogP contribution is 2.18. The highest BCUT2D eigenvalue weighted by atomic mass is 14.6. The van der Waals surface area contributed by atoms with E-state index in [4.69, 9.17) is 11.0 Å². The van der Waals surface area contributed by atoms with Gasteiger partial charge in [0.05, 0.1) is 12.5 Å². The molecule has 1 rings (SSSR count). The monoisotopic (exact) mass is 172 g/mol. The molecule has 0 bridgehead atoms. The van der Waals surface area contributed by atoms with Gasteiger partial charge in [-0.2, -0.15) is 5.26 Å². The minimum Gasteiger partial charge on any atom is -0.323 e. The molecule has 0 aromatic heterocycles. The lowest BCUT2D eigenvalue weighted by Gasteiger charge is -2.10. The summed E-state index contributed by atoms with van der Waals surface area (Å²) in [7, 11) is 0. The van der Waals surface area contributed by atoms with E-state index < -0.39 is 0 Å². The first kappa shape index (κ1) is 9.50. The Kier molecular flexibility index (Phi) is 3.24. The highest BCUT2D eigenvalue weighted by Gasteiger charge is 2.07. The number of rotatable bonds is 3. The summed E-state index contributed by atoms with van der Waals surface area (Å²) in [5.74, 6) is 0. The topological polar surface area (TPSA) is 49.8 Å². The summed E-state index contributed by atoms with van der Waals surface area (Å²) in [6.07, 6.45) is 2.09. The quantitative estimate of drug-likeness (QED) is 0.760. The molecule has 1 aromatic carbocycles. The van der Waals surface area contributed by atoms with Crippen LogP contribution in [0.4, 0.5) is 0 Å². The van der Waals surface area contributed by atoms with Crippen molar-refractivity contribution in [3.05, 3.63) is 42.0 Å². The van der Waals surface area contributed by atoms with Crippen LogP contribution in [-0.4, -0.2) is 0 Å². The smallest absolute Gasteiger partial charge is 0.0641 e. The molecule has 0 aliphatic rings. The van der Waals surface area contributed by atoms with E-state index in [-0.39, 0.29) is 6.04 Å². The second kappa shape index (κ2) is 4.44. The first-order valence-electron chi connectivity index (χ1n) is 4.13. The van der Waals surface area contributed by atoms with Gasteiger partial charge in [-0.05, 0) is 11.1 Å². The molecule has 0 radical (unpaired) electrons. The molecule has 0 aliphatic carbocycles. The largest absolute Gasteiger partial charge is 0.323 e. The van der Waals surface area contributed by atoms with Crippen LogP contribution in [0.1, 0.15) is 23.6 Å². The molecule has 0 fully saturated rings. The molecular weight excluding hydrogens is 160 g/mol. The lowest BCUT2D eigenvalue weighted by atomic mass is 9.99. The predicted molar refractivity (Wildman–Crippen MR) is 53.7 cm³/mol. The van der Waals surface area contributed by atoms with Crippen LogP contribution in [0.15, 0.2) is 30.8 Å². The van der Waals surface area contributed by atoms with E-state index in [9.17, 15) is 0 Å². The van der Waals surface area contributed by atoms with E-state index in [1.807, 2.05) is 24.3 Å². The molecule has 1 atom stereocenters. The average Bonchev–Trinajstić information content (AvgIpc) is 2.18. The molecule has 0 amide bonds. The summed E-state index contributed by atoms with van der Waals surface area (Å²) in [5.41, 5.74) is 7.80. The standard InChI is InChI=1S/C11H12N2/c1-2-9-5-3-4-6-10(9)11(13)7-8-12/h2-6,11H,1,7,13H2. The third-order valence-electron chi connectivity index (χ3n) is 1.93. The van der Waals surface area contributed by atoms with Gasteiger partial charge < -0.3 is 5.73 Å². The zero-order valence-corrected chi connectivity index (χ0v) is 7.40. The second-order valence-electron chi connectivity index (χ2n) is 2.80. The maximum atomic E-state index is 8.51. The summed E-state index contributed by atoms with van der Waals surface area (Å²) >= 11 is 0. The van der Waals surface area contributed by atoms with Gasteiger partial charge in [-0.15, -0.1) is 0 Å². The fourth-order valence-corrected chi connectivity index (χ4v) is 1.24. The zero-order chi connectivity index (χ0) is 9.68. The predicted octanol–water partition coefficient (Wildman–Crippen LogP) is 2.24. The molecule has 0 saturated carbocycles. The first-order valence-corrected chi connectivity index (χ1v) is 4.13. The molecule has 1 aromatic rings. The van der Waals surface area contributed by atoms with Crippen molar-refractivity contribution < 1.29 is 0 Å². The second-order valence-corrected chi connectivity index (χ2v) is 2.80. The molecular formula is C11H12N2. The number of nitrogens with two attached hydrogens (primary N) is 1. The molecule has 2 nitrogen and oxygen atoms in total. The fraction of sp³-hybridized carbons (Fsp3) is 0.182. The molecule has 0 heterocycles. The molecule has 0 spiro atoms. The van der Waals surface area contributed by atoms with Crippen LogP contribution in [0.5, 0.6) is 0 Å². The van der Waals surface area contributed by atoms with Crippen molar-refractivity contribution in [1.29, 1.82) is 5.26 Å². The zero-order valence-electron chi connectivity index (χ0n) is 7.40. The van der Waals surface area contributed by atoms with Crippen molar-refractivity contribution in [2.75, 3.05) is 0 Å². The molecule has 66 valence electrons. The van der Waals surface area contributed by atoms with Gasteiger partial charge in [-0.1, -0.05) is 36.9 Å². The number of hydrogen-bond donors (Lipinski definition) is 1. The molecule has 13 heavy (non-hydrogen) atoms. The molecule has 0 aliphatic heterocycles. The van der Waals surface area contributed by atoms with Gasteiger partial charge >= 0.3 is 0 Å². The Morgan fingerprint density at radius 2 is 2.23 bits per heavy atom. The van der Waals surface area contributed by atoms with Gasteiger partial charge in [0, 0.05) is 6.04 Å². The van der Waals surface area contributed by atoms with Crippen LogP contribution in [0.25, 0.3) is 6.08 Å². The van der Waals surface area contributed by atoms with Crippen molar-refractivity contribution in [2.24, 2.45) is 5.73 Å². The molecule has 2 heteroatoms. The Morgan fingerprint density at radius 1 is 1.54 bits per heavy atom. The van der Waals surface area contributed by atoms with Gasteiger partial charge in [0.2, 0.25) is 0 Å². The van der Waals surface area contributed by atoms with Crippen LogP contribution in [0.2, 0.25) is 0 Å². The first-order chi connectivity index (χ1) is 6.29. The van der Waals surface area contributed by atoms with Crippen LogP contribution < -0.4 is 5.73 Å². The van der Waals surface area contributed by atoms with Crippen molar-refractivity contribution in [2.45, 2.75) is 12.5 Å². The summed E-state index contributed by atoms with van der Waals surface area (Å²) < 4.78 is 0. The molecule has 1 unspecified atom stereocenters. The Hall–Kier alpha value is -1.59. The number of nitrogens with zero attached hydrogens (tertiary/aromatic N) is 1. The van der Waals surface area contributed by atoms with E-state index in [2.05, 4.69) is 12.6 Å². The third kappa shape index (κ3) is 2.17. The summed E-state index contributed by atoms with van der Waals surface area (Å²) in [6, 6.07) is 9.57. The van der Waals surface area contributed by atoms with E-state index in [0.717, 1.165) is 11.1 Å². The Bertz CT molecular complexity index is 336. The molecule has 2 N–H and O–H groups in total. The minimum absolute atomic E-state index is 0.209. The van der Waals surface area contributed by atoms with Gasteiger partial charge in [-0.3, -0.25) is 0 Å². The number of benzene rings is 1. The Morgan fingerprint density at radius 3 is 2.85 bits per heavy atom. The van der Waals surface area contributed by atoms with Gasteiger partial charge in [0.1, 0.15) is 0 Å². The normalized spacial score (nSPS) is 11.7. The average molecular weight is 172 g/mol. The third-order valence-corrected chi connectivity index (χ3v) is 1.93.